The Morgan fingerprint density at radius 3 is 2.92 bits per heavy atom. The molecule has 2 aromatic rings. The van der Waals surface area contributed by atoms with Gasteiger partial charge in [-0.2, -0.15) is 0 Å². The zero-order valence-electron chi connectivity index (χ0n) is 14.6. The van der Waals surface area contributed by atoms with Gasteiger partial charge >= 0.3 is 0 Å². The van der Waals surface area contributed by atoms with Crippen LogP contribution in [0.3, 0.4) is 0 Å². The van der Waals surface area contributed by atoms with Crippen molar-refractivity contribution in [3.05, 3.63) is 52.4 Å². The number of hydrogen-bond donors (Lipinski definition) is 2. The Bertz CT molecular complexity index is 721. The first kappa shape index (κ1) is 16.7. The van der Waals surface area contributed by atoms with Crippen LogP contribution in [0.4, 0.5) is 0 Å². The molecule has 0 radical (unpaired) electrons. The minimum Gasteiger partial charge on any atom is -0.360 e. The summed E-state index contributed by atoms with van der Waals surface area (Å²) >= 11 is 0. The van der Waals surface area contributed by atoms with Crippen molar-refractivity contribution in [2.75, 3.05) is 0 Å². The molecule has 1 unspecified atom stereocenters. The van der Waals surface area contributed by atoms with Gasteiger partial charge in [0.2, 0.25) is 0 Å². The highest BCUT2D eigenvalue weighted by atomic mass is 16.5. The topological polar surface area (TPSA) is 67.2 Å². The van der Waals surface area contributed by atoms with E-state index in [1.54, 1.807) is 0 Å². The lowest BCUT2D eigenvalue weighted by molar-refractivity contribution is 0.0933. The summed E-state index contributed by atoms with van der Waals surface area (Å²) in [4.78, 5) is 12.3. The Kier molecular flexibility index (Phi) is 5.00. The van der Waals surface area contributed by atoms with Crippen LogP contribution in [0.5, 0.6) is 0 Å². The number of fused-ring (bicyclic) bond motifs is 1. The maximum absolute atomic E-state index is 12.3. The van der Waals surface area contributed by atoms with Crippen LogP contribution >= 0.6 is 0 Å². The van der Waals surface area contributed by atoms with Crippen molar-refractivity contribution < 1.29 is 9.32 Å². The lowest BCUT2D eigenvalue weighted by Crippen LogP contribution is -2.36. The monoisotopic (exact) mass is 327 g/mol. The first-order valence-electron chi connectivity index (χ1n) is 8.60. The maximum atomic E-state index is 12.3. The molecule has 3 rings (SSSR count). The molecule has 0 saturated heterocycles. The van der Waals surface area contributed by atoms with Crippen molar-refractivity contribution in [3.8, 4) is 0 Å². The van der Waals surface area contributed by atoms with Gasteiger partial charge in [-0.1, -0.05) is 29.4 Å². The van der Waals surface area contributed by atoms with Gasteiger partial charge in [-0.05, 0) is 44.7 Å². The van der Waals surface area contributed by atoms with E-state index in [1.807, 2.05) is 13.8 Å². The molecule has 128 valence electrons. The van der Waals surface area contributed by atoms with Gasteiger partial charge in [-0.3, -0.25) is 4.79 Å². The minimum absolute atomic E-state index is 0.0865. The van der Waals surface area contributed by atoms with Crippen LogP contribution in [-0.2, 0) is 19.4 Å². The molecule has 1 heterocycles. The summed E-state index contributed by atoms with van der Waals surface area (Å²) in [5.74, 6) is 0.715. The highest BCUT2D eigenvalue weighted by Gasteiger charge is 2.28. The third-order valence-corrected chi connectivity index (χ3v) is 4.52. The summed E-state index contributed by atoms with van der Waals surface area (Å²) in [5.41, 5.74) is 4.01. The van der Waals surface area contributed by atoms with Crippen LogP contribution < -0.4 is 10.6 Å². The Hall–Kier alpha value is -2.14. The molecule has 1 amide bonds. The average molecular weight is 327 g/mol. The van der Waals surface area contributed by atoms with Gasteiger partial charge in [0, 0.05) is 30.6 Å². The van der Waals surface area contributed by atoms with Gasteiger partial charge in [0.1, 0.15) is 5.76 Å². The highest BCUT2D eigenvalue weighted by molar-refractivity contribution is 5.94. The first-order chi connectivity index (χ1) is 11.5. The predicted molar refractivity (Wildman–Crippen MR) is 92.9 cm³/mol. The average Bonchev–Trinajstić information content (AvgIpc) is 2.96. The summed E-state index contributed by atoms with van der Waals surface area (Å²) in [7, 11) is 0. The van der Waals surface area contributed by atoms with Gasteiger partial charge in [0.05, 0.1) is 0 Å². The Morgan fingerprint density at radius 2 is 2.17 bits per heavy atom. The smallest absolute Gasteiger partial charge is 0.273 e. The second-order valence-corrected chi connectivity index (χ2v) is 6.81. The normalized spacial score (nSPS) is 16.9. The van der Waals surface area contributed by atoms with Gasteiger partial charge < -0.3 is 15.2 Å². The van der Waals surface area contributed by atoms with Gasteiger partial charge in [-0.15, -0.1) is 0 Å². The quantitative estimate of drug-likeness (QED) is 0.886. The zero-order valence-corrected chi connectivity index (χ0v) is 14.6. The zero-order chi connectivity index (χ0) is 17.1. The summed E-state index contributed by atoms with van der Waals surface area (Å²) < 4.78 is 5.38. The Morgan fingerprint density at radius 1 is 1.38 bits per heavy atom. The van der Waals surface area contributed by atoms with E-state index in [0.29, 0.717) is 11.7 Å². The summed E-state index contributed by atoms with van der Waals surface area (Å²) in [6.45, 7) is 6.85. The molecule has 24 heavy (non-hydrogen) atoms. The lowest BCUT2D eigenvalue weighted by atomic mass is 9.91. The van der Waals surface area contributed by atoms with E-state index in [4.69, 9.17) is 4.52 Å². The molecular formula is C19H25N3O2. The molecule has 5 heteroatoms. The fourth-order valence-electron chi connectivity index (χ4n) is 3.15. The number of carbonyl (C=O) groups is 1. The van der Waals surface area contributed by atoms with Crippen LogP contribution in [-0.4, -0.2) is 23.1 Å². The molecular weight excluding hydrogens is 302 g/mol. The predicted octanol–water partition coefficient (Wildman–Crippen LogP) is 2.77. The number of benzene rings is 1. The van der Waals surface area contributed by atoms with Gasteiger partial charge in [-0.25, -0.2) is 0 Å². The standard InChI is InChI=1S/C19H25N3O2/c1-12(2)21-19(23)18-16-10-15(8-9-17(16)24-22-18)20-11-14-7-5-4-6-13(14)3/h4-7,12,15,20H,8-11H2,1-3H3,(H,21,23). The van der Waals surface area contributed by atoms with Crippen molar-refractivity contribution >= 4 is 5.91 Å². The van der Waals surface area contributed by atoms with E-state index < -0.39 is 0 Å². The second kappa shape index (κ2) is 7.18. The molecule has 0 spiro atoms. The van der Waals surface area contributed by atoms with Crippen molar-refractivity contribution in [2.45, 2.75) is 58.7 Å². The van der Waals surface area contributed by atoms with Crippen molar-refractivity contribution in [1.29, 1.82) is 0 Å². The number of rotatable bonds is 5. The van der Waals surface area contributed by atoms with E-state index in [1.165, 1.54) is 11.1 Å². The van der Waals surface area contributed by atoms with Crippen molar-refractivity contribution in [2.24, 2.45) is 0 Å². The maximum Gasteiger partial charge on any atom is 0.273 e. The van der Waals surface area contributed by atoms with Crippen molar-refractivity contribution in [1.82, 2.24) is 15.8 Å². The molecule has 0 saturated carbocycles. The summed E-state index contributed by atoms with van der Waals surface area (Å²) in [5, 5.41) is 10.5. The van der Waals surface area contributed by atoms with Crippen LogP contribution in [0, 0.1) is 6.92 Å². The molecule has 2 N–H and O–H groups in total. The summed E-state index contributed by atoms with van der Waals surface area (Å²) in [6, 6.07) is 8.83. The number of carbonyl (C=O) groups excluding carboxylic acids is 1. The minimum atomic E-state index is -0.144. The molecule has 5 nitrogen and oxygen atoms in total. The van der Waals surface area contributed by atoms with Crippen LogP contribution in [0.1, 0.15) is 53.2 Å². The lowest BCUT2D eigenvalue weighted by Gasteiger charge is -2.23. The molecule has 1 aliphatic rings. The molecule has 1 atom stereocenters. The second-order valence-electron chi connectivity index (χ2n) is 6.81. The number of nitrogens with zero attached hydrogens (tertiary/aromatic N) is 1. The molecule has 0 bridgehead atoms. The fraction of sp³-hybridized carbons (Fsp3) is 0.474. The van der Waals surface area contributed by atoms with E-state index in [-0.39, 0.29) is 11.9 Å². The largest absolute Gasteiger partial charge is 0.360 e. The number of aryl methyl sites for hydroxylation is 2. The highest BCUT2D eigenvalue weighted by Crippen LogP contribution is 2.25. The number of aromatic nitrogens is 1. The van der Waals surface area contributed by atoms with Crippen LogP contribution in [0.15, 0.2) is 28.8 Å². The molecule has 1 aromatic carbocycles. The van der Waals surface area contributed by atoms with Crippen LogP contribution in [0.2, 0.25) is 0 Å². The van der Waals surface area contributed by atoms with Crippen molar-refractivity contribution in [3.63, 3.8) is 0 Å². The van der Waals surface area contributed by atoms with E-state index in [2.05, 4.69) is 47.0 Å². The third kappa shape index (κ3) is 3.67. The number of nitrogens with one attached hydrogen (secondary N) is 2. The van der Waals surface area contributed by atoms with E-state index in [0.717, 1.165) is 37.1 Å². The SMILES string of the molecule is Cc1ccccc1CNC1CCc2onc(C(=O)NC(C)C)c2C1. The van der Waals surface area contributed by atoms with Crippen LogP contribution in [0.25, 0.3) is 0 Å². The Labute approximate surface area is 142 Å². The molecule has 1 aliphatic carbocycles. The Balaban J connectivity index is 1.66. The van der Waals surface area contributed by atoms with E-state index >= 15 is 0 Å². The number of hydrogen-bond acceptors (Lipinski definition) is 4. The van der Waals surface area contributed by atoms with E-state index in [9.17, 15) is 4.79 Å². The molecule has 0 fully saturated rings. The fourth-order valence-corrected chi connectivity index (χ4v) is 3.15. The molecule has 0 aliphatic heterocycles. The van der Waals surface area contributed by atoms with Gasteiger partial charge in [0.25, 0.3) is 5.91 Å². The number of amides is 1. The third-order valence-electron chi connectivity index (χ3n) is 4.52. The summed E-state index contributed by atoms with van der Waals surface area (Å²) in [6.07, 6.45) is 2.60. The van der Waals surface area contributed by atoms with Gasteiger partial charge in [0.15, 0.2) is 5.69 Å². The molecule has 1 aromatic heterocycles. The first-order valence-corrected chi connectivity index (χ1v) is 8.60.